The Morgan fingerprint density at radius 3 is 2.70 bits per heavy atom. The summed E-state index contributed by atoms with van der Waals surface area (Å²) >= 11 is 0. The van der Waals surface area contributed by atoms with Crippen molar-refractivity contribution in [3.63, 3.8) is 0 Å². The molecule has 122 valence electrons. The Morgan fingerprint density at radius 1 is 1.22 bits per heavy atom. The number of carbonyl (C=O) groups is 1. The zero-order valence-electron chi connectivity index (χ0n) is 13.3. The molecule has 1 amide bonds. The highest BCUT2D eigenvalue weighted by atomic mass is 19.1. The summed E-state index contributed by atoms with van der Waals surface area (Å²) in [6.07, 6.45) is 2.37. The first-order valence-corrected chi connectivity index (χ1v) is 7.11. The van der Waals surface area contributed by atoms with Crippen molar-refractivity contribution >= 4 is 17.7 Å². The summed E-state index contributed by atoms with van der Waals surface area (Å²) in [7, 11) is 3.80. The molecule has 2 N–H and O–H groups in total. The number of aromatic nitrogens is 3. The van der Waals surface area contributed by atoms with Crippen LogP contribution in [0.1, 0.15) is 16.1 Å². The van der Waals surface area contributed by atoms with Crippen molar-refractivity contribution in [1.82, 2.24) is 20.3 Å². The normalized spacial score (nSPS) is 10.3. The van der Waals surface area contributed by atoms with Crippen molar-refractivity contribution in [2.24, 2.45) is 0 Å². The van der Waals surface area contributed by atoms with Gasteiger partial charge in [0.1, 0.15) is 11.6 Å². The third-order valence-corrected chi connectivity index (χ3v) is 2.96. The van der Waals surface area contributed by atoms with Gasteiger partial charge in [0.15, 0.2) is 0 Å². The second-order valence-corrected chi connectivity index (χ2v) is 5.16. The summed E-state index contributed by atoms with van der Waals surface area (Å²) < 4.78 is 13.0. The van der Waals surface area contributed by atoms with E-state index in [2.05, 4.69) is 25.6 Å². The van der Waals surface area contributed by atoms with Crippen LogP contribution in [-0.2, 0) is 0 Å². The van der Waals surface area contributed by atoms with Gasteiger partial charge >= 0.3 is 0 Å². The van der Waals surface area contributed by atoms with Gasteiger partial charge in [-0.3, -0.25) is 9.78 Å². The number of nitrogens with zero attached hydrogens (tertiary/aromatic N) is 4. The zero-order valence-corrected chi connectivity index (χ0v) is 13.3. The van der Waals surface area contributed by atoms with Crippen LogP contribution in [-0.4, -0.2) is 48.0 Å². The van der Waals surface area contributed by atoms with E-state index in [9.17, 15) is 9.18 Å². The first-order valence-electron chi connectivity index (χ1n) is 7.11. The Morgan fingerprint density at radius 2 is 2.00 bits per heavy atom. The first kappa shape index (κ1) is 16.6. The second-order valence-electron chi connectivity index (χ2n) is 5.16. The summed E-state index contributed by atoms with van der Waals surface area (Å²) in [6, 6.07) is 3.02. The highest BCUT2D eigenvalue weighted by Gasteiger charge is 2.07. The zero-order chi connectivity index (χ0) is 16.8. The molecule has 0 saturated heterocycles. The minimum atomic E-state index is -0.542. The van der Waals surface area contributed by atoms with Crippen molar-refractivity contribution in [1.29, 1.82) is 0 Å². The van der Waals surface area contributed by atoms with E-state index in [0.717, 1.165) is 23.8 Å². The van der Waals surface area contributed by atoms with Crippen molar-refractivity contribution in [3.05, 3.63) is 41.6 Å². The van der Waals surface area contributed by atoms with Gasteiger partial charge in [0.2, 0.25) is 5.95 Å². The molecule has 0 bridgehead atoms. The average molecular weight is 318 g/mol. The summed E-state index contributed by atoms with van der Waals surface area (Å²) in [6.45, 7) is 2.69. The number of hydrogen-bond acceptors (Lipinski definition) is 6. The first-order chi connectivity index (χ1) is 11.0. The molecule has 0 aromatic carbocycles. The van der Waals surface area contributed by atoms with Crippen LogP contribution in [0.15, 0.2) is 24.5 Å². The molecule has 0 saturated carbocycles. The third kappa shape index (κ3) is 4.87. The summed E-state index contributed by atoms with van der Waals surface area (Å²) in [4.78, 5) is 26.0. The minimum Gasteiger partial charge on any atom is -0.363 e. The molecule has 8 heteroatoms. The average Bonchev–Trinajstić information content (AvgIpc) is 2.50. The van der Waals surface area contributed by atoms with Crippen molar-refractivity contribution in [2.45, 2.75) is 6.92 Å². The molecule has 7 nitrogen and oxygen atoms in total. The van der Waals surface area contributed by atoms with Crippen LogP contribution >= 0.6 is 0 Å². The molecule has 0 unspecified atom stereocenters. The number of amides is 1. The van der Waals surface area contributed by atoms with E-state index in [-0.39, 0.29) is 11.5 Å². The second kappa shape index (κ2) is 7.48. The number of carbonyl (C=O) groups excluding carboxylic acids is 1. The molecular formula is C15H19FN6O. The van der Waals surface area contributed by atoms with Crippen LogP contribution in [0.25, 0.3) is 0 Å². The van der Waals surface area contributed by atoms with Gasteiger partial charge in [0, 0.05) is 45.1 Å². The summed E-state index contributed by atoms with van der Waals surface area (Å²) in [5, 5.41) is 5.72. The number of aryl methyl sites for hydroxylation is 1. The van der Waals surface area contributed by atoms with Gasteiger partial charge < -0.3 is 15.5 Å². The SMILES string of the molecule is Cc1cc(N(C)C)nc(NCCNC(=O)c2cncc(F)c2)n1. The molecule has 0 aliphatic heterocycles. The molecule has 0 fully saturated rings. The lowest BCUT2D eigenvalue weighted by Gasteiger charge is -2.14. The molecule has 23 heavy (non-hydrogen) atoms. The Hall–Kier alpha value is -2.77. The fourth-order valence-corrected chi connectivity index (χ4v) is 1.85. The van der Waals surface area contributed by atoms with Crippen LogP contribution in [0.3, 0.4) is 0 Å². The Bertz CT molecular complexity index is 691. The fourth-order valence-electron chi connectivity index (χ4n) is 1.85. The Kier molecular flexibility index (Phi) is 5.40. The van der Waals surface area contributed by atoms with Crippen LogP contribution in [0.5, 0.6) is 0 Å². The predicted molar refractivity (Wildman–Crippen MR) is 86.1 cm³/mol. The number of nitrogens with one attached hydrogen (secondary N) is 2. The van der Waals surface area contributed by atoms with E-state index < -0.39 is 5.82 Å². The lowest BCUT2D eigenvalue weighted by Crippen LogP contribution is -2.29. The molecule has 0 atom stereocenters. The Balaban J connectivity index is 1.85. The van der Waals surface area contributed by atoms with Crippen molar-refractivity contribution in [3.8, 4) is 0 Å². The maximum Gasteiger partial charge on any atom is 0.253 e. The lowest BCUT2D eigenvalue weighted by atomic mass is 10.2. The van der Waals surface area contributed by atoms with E-state index in [1.807, 2.05) is 32.0 Å². The molecular weight excluding hydrogens is 299 g/mol. The number of hydrogen-bond donors (Lipinski definition) is 2. The highest BCUT2D eigenvalue weighted by molar-refractivity contribution is 5.93. The fraction of sp³-hybridized carbons (Fsp3) is 0.333. The van der Waals surface area contributed by atoms with Gasteiger partial charge in [-0.1, -0.05) is 0 Å². The maximum absolute atomic E-state index is 13.0. The van der Waals surface area contributed by atoms with E-state index in [4.69, 9.17) is 0 Å². The smallest absolute Gasteiger partial charge is 0.253 e. The van der Waals surface area contributed by atoms with Gasteiger partial charge in [-0.05, 0) is 13.0 Å². The molecule has 2 heterocycles. The summed E-state index contributed by atoms with van der Waals surface area (Å²) in [5.41, 5.74) is 1.03. The standard InChI is InChI=1S/C15H19FN6O/c1-10-6-13(22(2)3)21-15(20-10)19-5-4-18-14(23)11-7-12(16)9-17-8-11/h6-9H,4-5H2,1-3H3,(H,18,23)(H,19,20,21). The maximum atomic E-state index is 13.0. The van der Waals surface area contributed by atoms with Gasteiger partial charge in [-0.15, -0.1) is 0 Å². The number of halogens is 1. The van der Waals surface area contributed by atoms with Crippen molar-refractivity contribution in [2.75, 3.05) is 37.4 Å². The van der Waals surface area contributed by atoms with E-state index in [0.29, 0.717) is 19.0 Å². The quantitative estimate of drug-likeness (QED) is 0.780. The van der Waals surface area contributed by atoms with E-state index >= 15 is 0 Å². The van der Waals surface area contributed by atoms with Gasteiger partial charge in [-0.25, -0.2) is 9.37 Å². The third-order valence-electron chi connectivity index (χ3n) is 2.96. The van der Waals surface area contributed by atoms with E-state index in [1.54, 1.807) is 0 Å². The molecule has 0 radical (unpaired) electrons. The van der Waals surface area contributed by atoms with Crippen molar-refractivity contribution < 1.29 is 9.18 Å². The van der Waals surface area contributed by atoms with Crippen LogP contribution in [0.2, 0.25) is 0 Å². The monoisotopic (exact) mass is 318 g/mol. The predicted octanol–water partition coefficient (Wildman–Crippen LogP) is 1.23. The number of pyridine rings is 1. The molecule has 2 aromatic heterocycles. The minimum absolute atomic E-state index is 0.187. The molecule has 2 rings (SSSR count). The summed E-state index contributed by atoms with van der Waals surface area (Å²) in [5.74, 6) is 0.378. The largest absolute Gasteiger partial charge is 0.363 e. The molecule has 2 aromatic rings. The van der Waals surface area contributed by atoms with E-state index in [1.165, 1.54) is 6.20 Å². The van der Waals surface area contributed by atoms with Gasteiger partial charge in [-0.2, -0.15) is 4.98 Å². The lowest BCUT2D eigenvalue weighted by molar-refractivity contribution is 0.0954. The van der Waals surface area contributed by atoms with Gasteiger partial charge in [0.25, 0.3) is 5.91 Å². The van der Waals surface area contributed by atoms with Gasteiger partial charge in [0.05, 0.1) is 11.8 Å². The van der Waals surface area contributed by atoms with Crippen LogP contribution < -0.4 is 15.5 Å². The molecule has 0 aliphatic carbocycles. The molecule has 0 aliphatic rings. The van der Waals surface area contributed by atoms with Crippen LogP contribution in [0, 0.1) is 12.7 Å². The van der Waals surface area contributed by atoms with Crippen LogP contribution in [0.4, 0.5) is 16.2 Å². The number of anilines is 2. The topological polar surface area (TPSA) is 83.0 Å². The Labute approximate surface area is 134 Å². The number of rotatable bonds is 6. The molecule has 0 spiro atoms. The highest BCUT2D eigenvalue weighted by Crippen LogP contribution is 2.11.